The van der Waals surface area contributed by atoms with Crippen molar-refractivity contribution >= 4 is 47.0 Å². The molecule has 0 spiro atoms. The highest BCUT2D eigenvalue weighted by Crippen LogP contribution is 2.29. The molecule has 0 aliphatic carbocycles. The topological polar surface area (TPSA) is 57.9 Å². The zero-order valence-corrected chi connectivity index (χ0v) is 10.5. The predicted octanol–water partition coefficient (Wildman–Crippen LogP) is 1.70. The van der Waals surface area contributed by atoms with E-state index < -0.39 is 13.5 Å². The molecule has 0 saturated heterocycles. The first kappa shape index (κ1) is 12.1. The lowest BCUT2D eigenvalue weighted by atomic mass is 10.1. The number of nitriles is 1. The van der Waals surface area contributed by atoms with Crippen LogP contribution in [-0.4, -0.2) is 16.5 Å². The molecule has 0 radical (unpaired) electrons. The Hall–Kier alpha value is 0.140. The molecule has 6 heteroatoms. The van der Waals surface area contributed by atoms with Gasteiger partial charge in [0.05, 0.1) is 10.9 Å². The van der Waals surface area contributed by atoms with Gasteiger partial charge in [0.1, 0.15) is 0 Å². The summed E-state index contributed by atoms with van der Waals surface area (Å²) in [5, 5.41) is 8.62. The molecule has 68 valence electrons. The smallest absolute Gasteiger partial charge is 0.195 e. The molecule has 0 bridgehead atoms. The Morgan fingerprint density at radius 1 is 1.50 bits per heavy atom. The van der Waals surface area contributed by atoms with E-state index in [1.807, 2.05) is 6.07 Å². The number of alkyl halides is 2. The highest BCUT2D eigenvalue weighted by atomic mass is 79.9. The third kappa shape index (κ3) is 2.88. The average molecular weight is 317 g/mol. The van der Waals surface area contributed by atoms with Crippen molar-refractivity contribution in [1.29, 1.82) is 5.26 Å². The van der Waals surface area contributed by atoms with Crippen molar-refractivity contribution in [2.75, 3.05) is 0 Å². The monoisotopic (exact) mass is 315 g/mol. The molecule has 0 rings (SSSR count). The van der Waals surface area contributed by atoms with Crippen LogP contribution >= 0.6 is 31.9 Å². The van der Waals surface area contributed by atoms with E-state index in [-0.39, 0.29) is 10.8 Å². The summed E-state index contributed by atoms with van der Waals surface area (Å²) in [5.41, 5.74) is 0. The summed E-state index contributed by atoms with van der Waals surface area (Å²) < 4.78 is 20.1. The summed E-state index contributed by atoms with van der Waals surface area (Å²) in [6.07, 6.45) is 0. The first-order valence-electron chi connectivity index (χ1n) is 3.08. The van der Waals surface area contributed by atoms with E-state index in [0.717, 1.165) is 0 Å². The van der Waals surface area contributed by atoms with Crippen LogP contribution < -0.4 is 0 Å². The zero-order chi connectivity index (χ0) is 9.94. The fourth-order valence-electron chi connectivity index (χ4n) is 0.715. The van der Waals surface area contributed by atoms with Gasteiger partial charge in [-0.3, -0.25) is 0 Å². The molecule has 0 aromatic carbocycles. The zero-order valence-electron chi connectivity index (χ0n) is 6.51. The van der Waals surface area contributed by atoms with Gasteiger partial charge < -0.3 is 0 Å². The van der Waals surface area contributed by atoms with Crippen molar-refractivity contribution in [1.82, 2.24) is 0 Å². The van der Waals surface area contributed by atoms with E-state index in [1.54, 1.807) is 13.8 Å². The van der Waals surface area contributed by atoms with Crippen LogP contribution in [0.3, 0.4) is 0 Å². The van der Waals surface area contributed by atoms with E-state index in [9.17, 15) is 8.42 Å². The van der Waals surface area contributed by atoms with E-state index in [4.69, 9.17) is 5.26 Å². The fourth-order valence-corrected chi connectivity index (χ4v) is 3.06. The normalized spacial score (nSPS) is 11.0. The van der Waals surface area contributed by atoms with Crippen LogP contribution in [-0.2, 0) is 10.3 Å². The molecule has 0 amide bonds. The molecule has 0 atom stereocenters. The number of nitrogens with zero attached hydrogens (tertiary/aromatic N) is 1. The SMILES string of the molecule is CC(C)C(=S(=O)=O)C(Br)(Br)C#N. The summed E-state index contributed by atoms with van der Waals surface area (Å²) in [4.78, 5) is 0.102. The minimum atomic E-state index is -2.35. The second-order valence-electron chi connectivity index (χ2n) is 2.44. The summed E-state index contributed by atoms with van der Waals surface area (Å²) >= 11 is 5.95. The molecule has 0 heterocycles. The molecular formula is C6H7Br2NO2S. The van der Waals surface area contributed by atoms with Gasteiger partial charge in [0.25, 0.3) is 0 Å². The van der Waals surface area contributed by atoms with Crippen molar-refractivity contribution in [3.8, 4) is 6.07 Å². The maximum absolute atomic E-state index is 10.7. The van der Waals surface area contributed by atoms with Crippen molar-refractivity contribution in [2.45, 2.75) is 17.1 Å². The molecule has 0 aliphatic heterocycles. The molecule has 0 aliphatic rings. The lowest BCUT2D eigenvalue weighted by Crippen LogP contribution is -2.28. The van der Waals surface area contributed by atoms with Gasteiger partial charge in [-0.05, 0) is 37.8 Å². The van der Waals surface area contributed by atoms with Gasteiger partial charge in [-0.15, -0.1) is 0 Å². The van der Waals surface area contributed by atoms with Crippen molar-refractivity contribution in [3.05, 3.63) is 0 Å². The van der Waals surface area contributed by atoms with E-state index in [0.29, 0.717) is 0 Å². The molecule has 0 aromatic heterocycles. The third-order valence-corrected chi connectivity index (χ3v) is 4.02. The van der Waals surface area contributed by atoms with Crippen molar-refractivity contribution in [2.24, 2.45) is 5.92 Å². The Morgan fingerprint density at radius 2 is 1.92 bits per heavy atom. The minimum absolute atomic E-state index is 0.102. The minimum Gasteiger partial charge on any atom is -0.195 e. The second kappa shape index (κ2) is 4.40. The van der Waals surface area contributed by atoms with Gasteiger partial charge in [-0.2, -0.15) is 13.7 Å². The summed E-state index contributed by atoms with van der Waals surface area (Å²) in [6.45, 7) is 3.42. The van der Waals surface area contributed by atoms with Gasteiger partial charge in [-0.25, -0.2) is 0 Å². The molecule has 0 saturated carbocycles. The fraction of sp³-hybridized carbons (Fsp3) is 0.667. The number of hydrogen-bond acceptors (Lipinski definition) is 3. The van der Waals surface area contributed by atoms with Gasteiger partial charge in [-0.1, -0.05) is 13.8 Å². The van der Waals surface area contributed by atoms with Crippen LogP contribution in [0, 0.1) is 17.2 Å². The van der Waals surface area contributed by atoms with Crippen molar-refractivity contribution in [3.63, 3.8) is 0 Å². The Labute approximate surface area is 89.6 Å². The Morgan fingerprint density at radius 3 is 2.00 bits per heavy atom. The third-order valence-electron chi connectivity index (χ3n) is 1.15. The number of hydrogen-bond donors (Lipinski definition) is 0. The molecule has 3 nitrogen and oxygen atoms in total. The Kier molecular flexibility index (Phi) is 4.45. The highest BCUT2D eigenvalue weighted by Gasteiger charge is 2.32. The number of halogens is 2. The summed E-state index contributed by atoms with van der Waals surface area (Å²) in [7, 11) is -2.35. The van der Waals surface area contributed by atoms with Crippen LogP contribution in [0.4, 0.5) is 0 Å². The lowest BCUT2D eigenvalue weighted by molar-refractivity contribution is 0.625. The van der Waals surface area contributed by atoms with Crippen LogP contribution in [0.1, 0.15) is 13.8 Å². The van der Waals surface area contributed by atoms with E-state index in [2.05, 4.69) is 31.9 Å². The molecule has 0 fully saturated rings. The van der Waals surface area contributed by atoms with Gasteiger partial charge in [0, 0.05) is 0 Å². The maximum Gasteiger partial charge on any atom is 0.216 e. The maximum atomic E-state index is 10.7. The van der Waals surface area contributed by atoms with Gasteiger partial charge in [0.15, 0.2) is 0 Å². The quantitative estimate of drug-likeness (QED) is 0.575. The van der Waals surface area contributed by atoms with E-state index in [1.165, 1.54) is 0 Å². The predicted molar refractivity (Wildman–Crippen MR) is 55.0 cm³/mol. The Bertz CT molecular complexity index is 329. The van der Waals surface area contributed by atoms with Crippen LogP contribution in [0.25, 0.3) is 0 Å². The second-order valence-corrected chi connectivity index (χ2v) is 6.79. The molecule has 0 unspecified atom stereocenters. The molecule has 0 N–H and O–H groups in total. The largest absolute Gasteiger partial charge is 0.216 e. The summed E-state index contributed by atoms with van der Waals surface area (Å²) in [6, 6.07) is 1.81. The Balaban J connectivity index is 5.40. The van der Waals surface area contributed by atoms with Crippen molar-refractivity contribution < 1.29 is 8.42 Å². The summed E-state index contributed by atoms with van der Waals surface area (Å²) in [5.74, 6) is -0.207. The van der Waals surface area contributed by atoms with Crippen LogP contribution in [0.5, 0.6) is 0 Å². The average Bonchev–Trinajstić information content (AvgIpc) is 1.84. The first-order chi connectivity index (χ1) is 5.33. The highest BCUT2D eigenvalue weighted by molar-refractivity contribution is 9.26. The van der Waals surface area contributed by atoms with Gasteiger partial charge in [0.2, 0.25) is 13.5 Å². The van der Waals surface area contributed by atoms with E-state index >= 15 is 0 Å². The molecular weight excluding hydrogens is 310 g/mol. The number of rotatable bonds is 2. The molecule has 12 heavy (non-hydrogen) atoms. The first-order valence-corrected chi connectivity index (χ1v) is 5.74. The van der Waals surface area contributed by atoms with Gasteiger partial charge >= 0.3 is 0 Å². The van der Waals surface area contributed by atoms with Crippen LogP contribution in [0.2, 0.25) is 0 Å². The van der Waals surface area contributed by atoms with Crippen LogP contribution in [0.15, 0.2) is 0 Å². The standard InChI is InChI=1S/C6H7Br2NO2S/c1-4(2)5(12(10)11)6(7,8)3-9/h4H,1-2H3. The lowest BCUT2D eigenvalue weighted by Gasteiger charge is -2.14. The molecule has 0 aromatic rings.